The number of rotatable bonds is 9. The molecule has 4 rings (SSSR count). The molecule has 1 saturated carbocycles. The van der Waals surface area contributed by atoms with Gasteiger partial charge in [0.2, 0.25) is 0 Å². The summed E-state index contributed by atoms with van der Waals surface area (Å²) in [5, 5.41) is 9.46. The topological polar surface area (TPSA) is 68.6 Å². The Morgan fingerprint density at radius 1 is 1.40 bits per heavy atom. The summed E-state index contributed by atoms with van der Waals surface area (Å²) in [6.45, 7) is 7.84. The molecule has 1 N–H and O–H groups in total. The molecule has 0 radical (unpaired) electrons. The van der Waals surface area contributed by atoms with Gasteiger partial charge in [-0.1, -0.05) is 18.2 Å². The number of amides is 1. The predicted molar refractivity (Wildman–Crippen MR) is 116 cm³/mol. The zero-order valence-electron chi connectivity index (χ0n) is 18.4. The Morgan fingerprint density at radius 2 is 2.23 bits per heavy atom. The van der Waals surface area contributed by atoms with Gasteiger partial charge in [0, 0.05) is 44.8 Å². The molecule has 1 aliphatic carbocycles. The maximum atomic E-state index is 13.4. The third-order valence-corrected chi connectivity index (χ3v) is 6.18. The van der Waals surface area contributed by atoms with Crippen LogP contribution in [0.15, 0.2) is 18.2 Å². The third kappa shape index (κ3) is 4.38. The number of carbonyl (C=O) groups is 1. The van der Waals surface area contributed by atoms with Crippen molar-refractivity contribution in [2.75, 3.05) is 33.4 Å². The molecule has 2 fully saturated rings. The summed E-state index contributed by atoms with van der Waals surface area (Å²) >= 11 is 0. The van der Waals surface area contributed by atoms with Crippen molar-refractivity contribution in [3.63, 3.8) is 0 Å². The SMILES string of the molecule is COCCCCn1nc([C@H](C)N(C(=O)[C@H]2CNCCO2)C2CC2)c2cccc(C)c21. The summed E-state index contributed by atoms with van der Waals surface area (Å²) in [6, 6.07) is 6.57. The molecule has 1 aliphatic heterocycles. The van der Waals surface area contributed by atoms with E-state index in [0.29, 0.717) is 19.2 Å². The van der Waals surface area contributed by atoms with E-state index in [-0.39, 0.29) is 11.9 Å². The van der Waals surface area contributed by atoms with Crippen molar-refractivity contribution in [2.45, 2.75) is 64.3 Å². The molecule has 0 spiro atoms. The van der Waals surface area contributed by atoms with Gasteiger partial charge >= 0.3 is 0 Å². The maximum absolute atomic E-state index is 13.4. The fraction of sp³-hybridized carbons (Fsp3) is 0.652. The molecular weight excluding hydrogens is 380 g/mol. The number of aryl methyl sites for hydroxylation is 2. The van der Waals surface area contributed by atoms with Crippen LogP contribution in [0.1, 0.15) is 49.9 Å². The minimum absolute atomic E-state index is 0.0833. The van der Waals surface area contributed by atoms with E-state index >= 15 is 0 Å². The van der Waals surface area contributed by atoms with Crippen molar-refractivity contribution in [3.05, 3.63) is 29.5 Å². The smallest absolute Gasteiger partial charge is 0.253 e. The number of para-hydroxylation sites is 1. The van der Waals surface area contributed by atoms with Crippen LogP contribution in [-0.2, 0) is 20.8 Å². The number of nitrogens with one attached hydrogen (secondary N) is 1. The van der Waals surface area contributed by atoms with E-state index in [0.717, 1.165) is 56.5 Å². The quantitative estimate of drug-likeness (QED) is 0.639. The van der Waals surface area contributed by atoms with Gasteiger partial charge in [-0.25, -0.2) is 0 Å². The first-order chi connectivity index (χ1) is 14.6. The standard InChI is InChI=1S/C23H34N4O3/c1-16-7-6-8-19-21(25-26(22(16)19)12-4-5-13-29-3)17(2)27(18-9-10-18)23(28)20-15-24-11-14-30-20/h6-8,17-18,20,24H,4-5,9-15H2,1-3H3/t17-,20+/m0/s1. The number of nitrogens with zero attached hydrogens (tertiary/aromatic N) is 3. The molecule has 2 atom stereocenters. The molecular formula is C23H34N4O3. The Morgan fingerprint density at radius 3 is 2.93 bits per heavy atom. The van der Waals surface area contributed by atoms with Crippen LogP contribution in [0.2, 0.25) is 0 Å². The fourth-order valence-electron chi connectivity index (χ4n) is 4.48. The van der Waals surface area contributed by atoms with E-state index in [9.17, 15) is 4.79 Å². The largest absolute Gasteiger partial charge is 0.385 e. The molecule has 2 heterocycles. The molecule has 7 heteroatoms. The zero-order chi connectivity index (χ0) is 21.1. The molecule has 1 aromatic heterocycles. The first-order valence-electron chi connectivity index (χ1n) is 11.2. The van der Waals surface area contributed by atoms with E-state index in [4.69, 9.17) is 14.6 Å². The van der Waals surface area contributed by atoms with Gasteiger partial charge < -0.3 is 19.7 Å². The third-order valence-electron chi connectivity index (χ3n) is 6.18. The van der Waals surface area contributed by atoms with Crippen molar-refractivity contribution in [2.24, 2.45) is 0 Å². The lowest BCUT2D eigenvalue weighted by Crippen LogP contribution is -2.50. The minimum atomic E-state index is -0.397. The van der Waals surface area contributed by atoms with Gasteiger partial charge in [0.25, 0.3) is 5.91 Å². The second-order valence-electron chi connectivity index (χ2n) is 8.50. The predicted octanol–water partition coefficient (Wildman–Crippen LogP) is 2.81. The summed E-state index contributed by atoms with van der Waals surface area (Å²) < 4.78 is 13.1. The van der Waals surface area contributed by atoms with Crippen LogP contribution in [0, 0.1) is 6.92 Å². The summed E-state index contributed by atoms with van der Waals surface area (Å²) in [7, 11) is 1.74. The van der Waals surface area contributed by atoms with E-state index in [1.807, 2.05) is 4.90 Å². The number of aromatic nitrogens is 2. The number of unbranched alkanes of at least 4 members (excludes halogenated alkanes) is 1. The van der Waals surface area contributed by atoms with Gasteiger partial charge in [-0.05, 0) is 45.1 Å². The van der Waals surface area contributed by atoms with Crippen LogP contribution in [0.25, 0.3) is 10.9 Å². The molecule has 1 aromatic carbocycles. The Labute approximate surface area is 178 Å². The molecule has 0 bridgehead atoms. The number of hydrogen-bond acceptors (Lipinski definition) is 5. The molecule has 2 aliphatic rings. The monoisotopic (exact) mass is 414 g/mol. The Bertz CT molecular complexity index is 871. The number of benzene rings is 1. The second kappa shape index (κ2) is 9.45. The van der Waals surface area contributed by atoms with Crippen molar-refractivity contribution in [1.82, 2.24) is 20.0 Å². The first-order valence-corrected chi connectivity index (χ1v) is 11.2. The van der Waals surface area contributed by atoms with Gasteiger partial charge in [-0.2, -0.15) is 5.10 Å². The van der Waals surface area contributed by atoms with E-state index in [2.05, 4.69) is 42.0 Å². The van der Waals surface area contributed by atoms with Crippen molar-refractivity contribution < 1.29 is 14.3 Å². The number of ether oxygens (including phenoxy) is 2. The molecule has 30 heavy (non-hydrogen) atoms. The molecule has 164 valence electrons. The van der Waals surface area contributed by atoms with Crippen LogP contribution < -0.4 is 5.32 Å². The average molecular weight is 415 g/mol. The van der Waals surface area contributed by atoms with Crippen LogP contribution in [0.3, 0.4) is 0 Å². The minimum Gasteiger partial charge on any atom is -0.385 e. The maximum Gasteiger partial charge on any atom is 0.253 e. The first kappa shape index (κ1) is 21.3. The summed E-state index contributed by atoms with van der Waals surface area (Å²) in [6.07, 6.45) is 3.74. The molecule has 2 aromatic rings. The highest BCUT2D eigenvalue weighted by atomic mass is 16.5. The summed E-state index contributed by atoms with van der Waals surface area (Å²) in [4.78, 5) is 15.4. The fourth-order valence-corrected chi connectivity index (χ4v) is 4.48. The molecule has 7 nitrogen and oxygen atoms in total. The van der Waals surface area contributed by atoms with Crippen molar-refractivity contribution in [3.8, 4) is 0 Å². The number of carbonyl (C=O) groups excluding carboxylic acids is 1. The summed E-state index contributed by atoms with van der Waals surface area (Å²) in [5.74, 6) is 0.0904. The normalized spacial score (nSPS) is 20.4. The lowest BCUT2D eigenvalue weighted by molar-refractivity contribution is -0.148. The summed E-state index contributed by atoms with van der Waals surface area (Å²) in [5.41, 5.74) is 3.38. The molecule has 1 amide bonds. The number of fused-ring (bicyclic) bond motifs is 1. The number of morpholine rings is 1. The lowest BCUT2D eigenvalue weighted by atomic mass is 10.1. The van der Waals surface area contributed by atoms with Gasteiger partial charge in [-0.15, -0.1) is 0 Å². The Hall–Kier alpha value is -1.96. The number of methoxy groups -OCH3 is 1. The van der Waals surface area contributed by atoms with Gasteiger partial charge in [0.1, 0.15) is 6.10 Å². The highest BCUT2D eigenvalue weighted by Crippen LogP contribution is 2.37. The number of hydrogen-bond donors (Lipinski definition) is 1. The van der Waals surface area contributed by atoms with Crippen molar-refractivity contribution in [1.29, 1.82) is 0 Å². The average Bonchev–Trinajstić information content (AvgIpc) is 3.52. The van der Waals surface area contributed by atoms with E-state index in [1.54, 1.807) is 7.11 Å². The van der Waals surface area contributed by atoms with Gasteiger partial charge in [0.15, 0.2) is 0 Å². The Kier molecular flexibility index (Phi) is 6.71. The molecule has 1 saturated heterocycles. The zero-order valence-corrected chi connectivity index (χ0v) is 18.4. The second-order valence-corrected chi connectivity index (χ2v) is 8.50. The van der Waals surface area contributed by atoms with Crippen LogP contribution in [0.5, 0.6) is 0 Å². The van der Waals surface area contributed by atoms with Crippen LogP contribution in [0.4, 0.5) is 0 Å². The lowest BCUT2D eigenvalue weighted by Gasteiger charge is -2.33. The Balaban J connectivity index is 1.63. The highest BCUT2D eigenvalue weighted by Gasteiger charge is 2.41. The van der Waals surface area contributed by atoms with E-state index < -0.39 is 6.10 Å². The molecule has 0 unspecified atom stereocenters. The van der Waals surface area contributed by atoms with Gasteiger partial charge in [-0.3, -0.25) is 9.48 Å². The van der Waals surface area contributed by atoms with Crippen LogP contribution in [-0.4, -0.2) is 66.1 Å². The van der Waals surface area contributed by atoms with Gasteiger partial charge in [0.05, 0.1) is 23.9 Å². The van der Waals surface area contributed by atoms with Crippen molar-refractivity contribution >= 4 is 16.8 Å². The van der Waals surface area contributed by atoms with E-state index in [1.165, 1.54) is 11.1 Å². The highest BCUT2D eigenvalue weighted by molar-refractivity contribution is 5.87. The van der Waals surface area contributed by atoms with Crippen LogP contribution >= 0.6 is 0 Å².